The fourth-order valence-electron chi connectivity index (χ4n) is 2.57. The topological polar surface area (TPSA) is 77.4 Å². The third-order valence-corrected chi connectivity index (χ3v) is 3.82. The number of rotatable bonds is 10. The molecular weight excluding hydrogens is 324 g/mol. The van der Waals surface area contributed by atoms with Gasteiger partial charge in [-0.2, -0.15) is 0 Å². The molecule has 0 bridgehead atoms. The van der Waals surface area contributed by atoms with Crippen LogP contribution in [-0.2, 0) is 25.6 Å². The van der Waals surface area contributed by atoms with Crippen LogP contribution < -0.4 is 0 Å². The van der Waals surface area contributed by atoms with Crippen LogP contribution in [0.15, 0.2) is 55.6 Å². The largest absolute Gasteiger partial charge is 0.387 e. The highest BCUT2D eigenvalue weighted by molar-refractivity contribution is 5.13. The molecule has 6 heteroatoms. The predicted octanol–water partition coefficient (Wildman–Crippen LogP) is 1.42. The van der Waals surface area contributed by atoms with E-state index in [0.717, 1.165) is 5.56 Å². The van der Waals surface area contributed by atoms with E-state index in [2.05, 4.69) is 13.2 Å². The Morgan fingerprint density at radius 1 is 1.00 bits per heavy atom. The minimum Gasteiger partial charge on any atom is -0.387 e. The molecule has 0 unspecified atom stereocenters. The highest BCUT2D eigenvalue weighted by Gasteiger charge is 2.45. The van der Waals surface area contributed by atoms with Gasteiger partial charge in [-0.3, -0.25) is 0 Å². The second-order valence-electron chi connectivity index (χ2n) is 5.73. The average molecular weight is 350 g/mol. The summed E-state index contributed by atoms with van der Waals surface area (Å²) in [5.74, 6) is 0. The summed E-state index contributed by atoms with van der Waals surface area (Å²) in [6, 6.07) is 9.56. The first-order valence-corrected chi connectivity index (χ1v) is 8.25. The molecular formula is C19H26O6. The summed E-state index contributed by atoms with van der Waals surface area (Å²) in [6.45, 7) is 8.11. The summed E-state index contributed by atoms with van der Waals surface area (Å²) in [6.07, 6.45) is -1.48. The highest BCUT2D eigenvalue weighted by Crippen LogP contribution is 2.25. The van der Waals surface area contributed by atoms with E-state index in [1.54, 1.807) is 12.2 Å². The van der Waals surface area contributed by atoms with Crippen molar-refractivity contribution in [1.29, 1.82) is 0 Å². The van der Waals surface area contributed by atoms with Gasteiger partial charge in [-0.25, -0.2) is 0 Å². The monoisotopic (exact) mass is 350 g/mol. The molecule has 1 fully saturated rings. The minimum atomic E-state index is -1.13. The van der Waals surface area contributed by atoms with E-state index >= 15 is 0 Å². The van der Waals surface area contributed by atoms with Crippen LogP contribution in [0, 0.1) is 0 Å². The fraction of sp³-hybridized carbons (Fsp3) is 0.474. The van der Waals surface area contributed by atoms with Crippen molar-refractivity contribution in [1.82, 2.24) is 0 Å². The minimum absolute atomic E-state index is 0.138. The number of aliphatic hydroxyl groups excluding tert-OH is 2. The van der Waals surface area contributed by atoms with Crippen LogP contribution in [-0.4, -0.2) is 60.7 Å². The number of hydrogen-bond acceptors (Lipinski definition) is 6. The van der Waals surface area contributed by atoms with Crippen molar-refractivity contribution in [2.75, 3.05) is 19.8 Å². The number of aliphatic hydroxyl groups is 2. The Morgan fingerprint density at radius 3 is 2.40 bits per heavy atom. The quantitative estimate of drug-likeness (QED) is 0.491. The predicted molar refractivity (Wildman–Crippen MR) is 92.9 cm³/mol. The summed E-state index contributed by atoms with van der Waals surface area (Å²) >= 11 is 0. The number of ether oxygens (including phenoxy) is 4. The Bertz CT molecular complexity index is 520. The molecule has 25 heavy (non-hydrogen) atoms. The summed E-state index contributed by atoms with van der Waals surface area (Å²) in [5.41, 5.74) is 0.951. The first-order chi connectivity index (χ1) is 12.2. The third kappa shape index (κ3) is 5.74. The maximum atomic E-state index is 10.5. The van der Waals surface area contributed by atoms with Crippen LogP contribution in [0.5, 0.6) is 0 Å². The Morgan fingerprint density at radius 2 is 1.72 bits per heavy atom. The van der Waals surface area contributed by atoms with Gasteiger partial charge in [0.15, 0.2) is 6.29 Å². The van der Waals surface area contributed by atoms with Gasteiger partial charge in [0.25, 0.3) is 0 Å². The van der Waals surface area contributed by atoms with E-state index < -0.39 is 30.7 Å². The van der Waals surface area contributed by atoms with Gasteiger partial charge in [0, 0.05) is 0 Å². The van der Waals surface area contributed by atoms with Crippen LogP contribution in [0.1, 0.15) is 5.56 Å². The molecule has 0 saturated carbocycles. The van der Waals surface area contributed by atoms with Crippen LogP contribution in [0.3, 0.4) is 0 Å². The number of benzene rings is 1. The molecule has 138 valence electrons. The van der Waals surface area contributed by atoms with Gasteiger partial charge in [0.1, 0.15) is 24.4 Å². The van der Waals surface area contributed by atoms with Crippen molar-refractivity contribution in [3.8, 4) is 0 Å². The molecule has 5 atom stereocenters. The summed E-state index contributed by atoms with van der Waals surface area (Å²) in [7, 11) is 0. The van der Waals surface area contributed by atoms with E-state index in [-0.39, 0.29) is 19.8 Å². The smallest absolute Gasteiger partial charge is 0.187 e. The van der Waals surface area contributed by atoms with Gasteiger partial charge in [0.2, 0.25) is 0 Å². The lowest BCUT2D eigenvalue weighted by atomic mass is 9.99. The molecule has 6 nitrogen and oxygen atoms in total. The molecule has 1 aromatic rings. The molecule has 1 saturated heterocycles. The first-order valence-electron chi connectivity index (χ1n) is 8.25. The summed E-state index contributed by atoms with van der Waals surface area (Å²) < 4.78 is 22.3. The van der Waals surface area contributed by atoms with E-state index in [4.69, 9.17) is 18.9 Å². The molecule has 0 aliphatic carbocycles. The van der Waals surface area contributed by atoms with Crippen molar-refractivity contribution < 1.29 is 29.2 Å². The van der Waals surface area contributed by atoms with Gasteiger partial charge in [-0.15, -0.1) is 13.2 Å². The van der Waals surface area contributed by atoms with Crippen molar-refractivity contribution >= 4 is 0 Å². The Kier molecular flexibility index (Phi) is 8.27. The van der Waals surface area contributed by atoms with Gasteiger partial charge in [-0.05, 0) is 5.56 Å². The molecule has 0 spiro atoms. The Hall–Kier alpha value is -1.54. The zero-order valence-corrected chi connectivity index (χ0v) is 14.2. The SMILES string of the molecule is C=CCOC[C@H]1O[C@@H](OCc2ccccc2)[C@H](O)[C@@H](OCC=C)[C@H]1O. The highest BCUT2D eigenvalue weighted by atomic mass is 16.7. The molecule has 0 amide bonds. The number of hydrogen-bond donors (Lipinski definition) is 2. The van der Waals surface area contributed by atoms with E-state index in [0.29, 0.717) is 6.61 Å². The van der Waals surface area contributed by atoms with Gasteiger partial charge in [-0.1, -0.05) is 42.5 Å². The summed E-state index contributed by atoms with van der Waals surface area (Å²) in [5, 5.41) is 20.9. The van der Waals surface area contributed by atoms with Gasteiger partial charge >= 0.3 is 0 Å². The zero-order valence-electron chi connectivity index (χ0n) is 14.2. The fourth-order valence-corrected chi connectivity index (χ4v) is 2.57. The zero-order chi connectivity index (χ0) is 18.1. The van der Waals surface area contributed by atoms with Crippen LogP contribution in [0.4, 0.5) is 0 Å². The van der Waals surface area contributed by atoms with Crippen molar-refractivity contribution in [3.63, 3.8) is 0 Å². The molecule has 0 aromatic heterocycles. The second kappa shape index (κ2) is 10.5. The molecule has 1 aliphatic heterocycles. The standard InChI is InChI=1S/C19H26O6/c1-3-10-22-13-15-16(20)18(23-11-4-2)17(21)19(25-15)24-12-14-8-6-5-7-9-14/h3-9,15-21H,1-2,10-13H2/t15-,16+,17-,18+,19-/m1/s1. The lowest BCUT2D eigenvalue weighted by molar-refractivity contribution is -0.310. The summed E-state index contributed by atoms with van der Waals surface area (Å²) in [4.78, 5) is 0. The maximum absolute atomic E-state index is 10.5. The van der Waals surface area contributed by atoms with Gasteiger partial charge < -0.3 is 29.2 Å². The Balaban J connectivity index is 2.01. The Labute approximate surface area is 148 Å². The van der Waals surface area contributed by atoms with Gasteiger partial charge in [0.05, 0.1) is 26.4 Å². The third-order valence-electron chi connectivity index (χ3n) is 3.82. The van der Waals surface area contributed by atoms with Crippen molar-refractivity contribution in [2.24, 2.45) is 0 Å². The van der Waals surface area contributed by atoms with Crippen molar-refractivity contribution in [2.45, 2.75) is 37.3 Å². The van der Waals surface area contributed by atoms with Crippen LogP contribution >= 0.6 is 0 Å². The first kappa shape index (κ1) is 19.8. The normalized spacial score (nSPS) is 29.3. The second-order valence-corrected chi connectivity index (χ2v) is 5.73. The molecule has 1 heterocycles. The van der Waals surface area contributed by atoms with E-state index in [1.165, 1.54) is 0 Å². The lowest BCUT2D eigenvalue weighted by Crippen LogP contribution is -2.60. The van der Waals surface area contributed by atoms with Crippen LogP contribution in [0.2, 0.25) is 0 Å². The van der Waals surface area contributed by atoms with E-state index in [1.807, 2.05) is 30.3 Å². The average Bonchev–Trinajstić information content (AvgIpc) is 2.63. The molecule has 1 aliphatic rings. The van der Waals surface area contributed by atoms with Crippen LogP contribution in [0.25, 0.3) is 0 Å². The lowest BCUT2D eigenvalue weighted by Gasteiger charge is -2.42. The molecule has 2 rings (SSSR count). The van der Waals surface area contributed by atoms with Crippen molar-refractivity contribution in [3.05, 3.63) is 61.2 Å². The molecule has 2 N–H and O–H groups in total. The van der Waals surface area contributed by atoms with E-state index in [9.17, 15) is 10.2 Å². The maximum Gasteiger partial charge on any atom is 0.187 e. The molecule has 1 aromatic carbocycles. The molecule has 0 radical (unpaired) electrons.